The van der Waals surface area contributed by atoms with E-state index in [4.69, 9.17) is 0 Å². The van der Waals surface area contributed by atoms with Crippen molar-refractivity contribution in [2.24, 2.45) is 0 Å². The predicted molar refractivity (Wildman–Crippen MR) is 83.0 cm³/mol. The molecule has 0 fully saturated rings. The highest BCUT2D eigenvalue weighted by Crippen LogP contribution is 2.24. The highest BCUT2D eigenvalue weighted by atomic mass is 79.9. The number of alkyl halides is 1. The van der Waals surface area contributed by atoms with Crippen LogP contribution in [-0.2, 0) is 4.79 Å². The molecule has 0 saturated heterocycles. The number of hydrogen-bond donors (Lipinski definition) is 2. The largest absolute Gasteiger partial charge is 0.506 e. The summed E-state index contributed by atoms with van der Waals surface area (Å²) >= 11 is 3.40. The molecule has 0 aromatic heterocycles. The number of aromatic hydroxyl groups is 1. The normalized spacial score (nSPS) is 10.4. The van der Waals surface area contributed by atoms with Crippen LogP contribution in [-0.4, -0.2) is 16.3 Å². The summed E-state index contributed by atoms with van der Waals surface area (Å²) in [4.78, 5) is 11.7. The molecule has 0 bridgehead atoms. The number of benzene rings is 1. The van der Waals surface area contributed by atoms with E-state index in [9.17, 15) is 9.90 Å². The lowest BCUT2D eigenvalue weighted by Crippen LogP contribution is -2.11. The number of nitrogens with one attached hydrogen (secondary N) is 1. The van der Waals surface area contributed by atoms with Gasteiger partial charge in [-0.3, -0.25) is 4.79 Å². The maximum atomic E-state index is 11.7. The van der Waals surface area contributed by atoms with Gasteiger partial charge in [-0.05, 0) is 37.5 Å². The molecular weight excluding hydrogens is 306 g/mol. The van der Waals surface area contributed by atoms with Gasteiger partial charge in [0.25, 0.3) is 0 Å². The van der Waals surface area contributed by atoms with Crippen LogP contribution in [0.15, 0.2) is 18.2 Å². The molecule has 0 radical (unpaired) electrons. The lowest BCUT2D eigenvalue weighted by atomic mass is 10.1. The molecule has 0 heterocycles. The summed E-state index contributed by atoms with van der Waals surface area (Å²) in [6, 6.07) is 5.20. The Morgan fingerprint density at radius 2 is 1.89 bits per heavy atom. The van der Waals surface area contributed by atoms with Gasteiger partial charge >= 0.3 is 0 Å². The number of phenolic OH excluding ortho intramolecular Hbond substituents is 1. The minimum absolute atomic E-state index is 0.0265. The molecule has 0 unspecified atom stereocenters. The van der Waals surface area contributed by atoms with Crippen LogP contribution in [0, 0.1) is 6.92 Å². The quantitative estimate of drug-likeness (QED) is 0.423. The average Bonchev–Trinajstić information content (AvgIpc) is 2.38. The number of carbonyl (C=O) groups is 1. The van der Waals surface area contributed by atoms with Gasteiger partial charge in [0.1, 0.15) is 5.75 Å². The van der Waals surface area contributed by atoms with Crippen molar-refractivity contribution < 1.29 is 9.90 Å². The zero-order valence-electron chi connectivity index (χ0n) is 11.4. The standard InChI is InChI=1S/C15H22BrNO2/c1-12-8-9-14(18)13(11-12)17-15(19)7-5-3-2-4-6-10-16/h8-9,11,18H,2-7,10H2,1H3,(H,17,19). The first kappa shape index (κ1) is 16.0. The van der Waals surface area contributed by atoms with Crippen LogP contribution in [0.25, 0.3) is 0 Å². The van der Waals surface area contributed by atoms with Gasteiger partial charge in [0.2, 0.25) is 5.91 Å². The Labute approximate surface area is 123 Å². The molecular formula is C15H22BrNO2. The first-order valence-electron chi connectivity index (χ1n) is 6.79. The third-order valence-electron chi connectivity index (χ3n) is 2.96. The fourth-order valence-electron chi connectivity index (χ4n) is 1.87. The third-order valence-corrected chi connectivity index (χ3v) is 3.52. The molecule has 1 aromatic carbocycles. The van der Waals surface area contributed by atoms with Crippen LogP contribution in [0.1, 0.15) is 44.1 Å². The van der Waals surface area contributed by atoms with Gasteiger partial charge in [-0.15, -0.1) is 0 Å². The Bertz CT molecular complexity index is 407. The smallest absolute Gasteiger partial charge is 0.224 e. The molecule has 1 aromatic rings. The van der Waals surface area contributed by atoms with E-state index in [0.29, 0.717) is 12.1 Å². The molecule has 1 rings (SSSR count). The monoisotopic (exact) mass is 327 g/mol. The van der Waals surface area contributed by atoms with E-state index in [1.807, 2.05) is 13.0 Å². The molecule has 0 aliphatic rings. The average molecular weight is 328 g/mol. The number of rotatable bonds is 8. The number of halogens is 1. The summed E-state index contributed by atoms with van der Waals surface area (Å²) in [6.45, 7) is 1.93. The van der Waals surface area contributed by atoms with E-state index >= 15 is 0 Å². The minimum Gasteiger partial charge on any atom is -0.506 e. The Hall–Kier alpha value is -1.03. The number of anilines is 1. The summed E-state index contributed by atoms with van der Waals surface area (Å²) < 4.78 is 0. The fourth-order valence-corrected chi connectivity index (χ4v) is 2.27. The third kappa shape index (κ3) is 6.62. The Morgan fingerprint density at radius 1 is 1.21 bits per heavy atom. The Balaban J connectivity index is 2.25. The second-order valence-corrected chi connectivity index (χ2v) is 5.57. The SMILES string of the molecule is Cc1ccc(O)c(NC(=O)CCCCCCCBr)c1. The number of amides is 1. The second-order valence-electron chi connectivity index (χ2n) is 4.78. The molecule has 4 heteroatoms. The van der Waals surface area contributed by atoms with Crippen LogP contribution in [0.4, 0.5) is 5.69 Å². The van der Waals surface area contributed by atoms with E-state index < -0.39 is 0 Å². The van der Waals surface area contributed by atoms with Gasteiger partial charge in [0.15, 0.2) is 0 Å². The maximum Gasteiger partial charge on any atom is 0.224 e. The summed E-state index contributed by atoms with van der Waals surface area (Å²) in [5, 5.41) is 13.4. The molecule has 0 spiro atoms. The van der Waals surface area contributed by atoms with Gasteiger partial charge in [-0.2, -0.15) is 0 Å². The molecule has 2 N–H and O–H groups in total. The fraction of sp³-hybridized carbons (Fsp3) is 0.533. The van der Waals surface area contributed by atoms with E-state index in [-0.39, 0.29) is 11.7 Å². The summed E-state index contributed by atoms with van der Waals surface area (Å²) in [5.41, 5.74) is 1.52. The number of phenols is 1. The molecule has 1 amide bonds. The molecule has 106 valence electrons. The highest BCUT2D eigenvalue weighted by Gasteiger charge is 2.06. The van der Waals surface area contributed by atoms with Crippen molar-refractivity contribution in [2.45, 2.75) is 45.4 Å². The van der Waals surface area contributed by atoms with Gasteiger partial charge in [-0.25, -0.2) is 0 Å². The Morgan fingerprint density at radius 3 is 2.63 bits per heavy atom. The van der Waals surface area contributed by atoms with Gasteiger partial charge in [0, 0.05) is 11.8 Å². The number of hydrogen-bond acceptors (Lipinski definition) is 2. The van der Waals surface area contributed by atoms with Crippen molar-refractivity contribution in [3.8, 4) is 5.75 Å². The van der Waals surface area contributed by atoms with Crippen molar-refractivity contribution in [1.82, 2.24) is 0 Å². The van der Waals surface area contributed by atoms with Crippen molar-refractivity contribution in [2.75, 3.05) is 10.6 Å². The van der Waals surface area contributed by atoms with Crippen LogP contribution in [0.2, 0.25) is 0 Å². The number of carbonyl (C=O) groups excluding carboxylic acids is 1. The van der Waals surface area contributed by atoms with Crippen LogP contribution in [0.3, 0.4) is 0 Å². The van der Waals surface area contributed by atoms with Gasteiger partial charge < -0.3 is 10.4 Å². The number of unbranched alkanes of at least 4 members (excludes halogenated alkanes) is 4. The molecule has 0 aliphatic heterocycles. The second kappa shape index (κ2) is 8.97. The van der Waals surface area contributed by atoms with E-state index in [1.54, 1.807) is 12.1 Å². The zero-order chi connectivity index (χ0) is 14.1. The zero-order valence-corrected chi connectivity index (χ0v) is 13.0. The van der Waals surface area contributed by atoms with Crippen molar-refractivity contribution in [3.05, 3.63) is 23.8 Å². The molecule has 0 atom stereocenters. The van der Waals surface area contributed by atoms with Gasteiger partial charge in [0.05, 0.1) is 5.69 Å². The van der Waals surface area contributed by atoms with Crippen molar-refractivity contribution in [3.63, 3.8) is 0 Å². The first-order chi connectivity index (χ1) is 9.13. The molecule has 3 nitrogen and oxygen atoms in total. The minimum atomic E-state index is -0.0265. The predicted octanol–water partition coefficient (Wildman–Crippen LogP) is 4.37. The lowest BCUT2D eigenvalue weighted by molar-refractivity contribution is -0.116. The lowest BCUT2D eigenvalue weighted by Gasteiger charge is -2.08. The molecule has 0 saturated carbocycles. The van der Waals surface area contributed by atoms with Crippen LogP contribution >= 0.6 is 15.9 Å². The van der Waals surface area contributed by atoms with E-state index in [2.05, 4.69) is 21.2 Å². The van der Waals surface area contributed by atoms with Gasteiger partial charge in [-0.1, -0.05) is 41.3 Å². The first-order valence-corrected chi connectivity index (χ1v) is 7.91. The van der Waals surface area contributed by atoms with Crippen molar-refractivity contribution >= 4 is 27.5 Å². The molecule has 19 heavy (non-hydrogen) atoms. The number of aryl methyl sites for hydroxylation is 1. The maximum absolute atomic E-state index is 11.7. The van der Waals surface area contributed by atoms with Crippen LogP contribution < -0.4 is 5.32 Å². The van der Waals surface area contributed by atoms with E-state index in [1.165, 1.54) is 19.3 Å². The van der Waals surface area contributed by atoms with Crippen molar-refractivity contribution in [1.29, 1.82) is 0 Å². The Kier molecular flexibility index (Phi) is 7.56. The van der Waals surface area contributed by atoms with E-state index in [0.717, 1.165) is 23.7 Å². The summed E-state index contributed by atoms with van der Waals surface area (Å²) in [6.07, 6.45) is 6.09. The highest BCUT2D eigenvalue weighted by molar-refractivity contribution is 9.09. The topological polar surface area (TPSA) is 49.3 Å². The molecule has 0 aliphatic carbocycles. The summed E-state index contributed by atoms with van der Waals surface area (Å²) in [7, 11) is 0. The van der Waals surface area contributed by atoms with Crippen LogP contribution in [0.5, 0.6) is 5.75 Å². The summed E-state index contributed by atoms with van der Waals surface area (Å²) in [5.74, 6) is 0.0951.